The molecule has 0 atom stereocenters. The lowest BCUT2D eigenvalue weighted by Gasteiger charge is -2.11. The molecule has 3 nitrogen and oxygen atoms in total. The predicted molar refractivity (Wildman–Crippen MR) is 63.2 cm³/mol. The Labute approximate surface area is 96.9 Å². The topological polar surface area (TPSA) is 52.5 Å². The van der Waals surface area contributed by atoms with Gasteiger partial charge >= 0.3 is 0 Å². The van der Waals surface area contributed by atoms with E-state index in [1.54, 1.807) is 0 Å². The highest BCUT2D eigenvalue weighted by atomic mass is 15.0. The fourth-order valence-electron chi connectivity index (χ4n) is 2.42. The Balaban J connectivity index is 2.32. The van der Waals surface area contributed by atoms with Crippen molar-refractivity contribution in [2.24, 2.45) is 0 Å². The van der Waals surface area contributed by atoms with Crippen molar-refractivity contribution in [2.45, 2.75) is 57.8 Å². The van der Waals surface area contributed by atoms with E-state index < -0.39 is 5.41 Å². The highest BCUT2D eigenvalue weighted by Crippen LogP contribution is 2.35. The minimum atomic E-state index is -0.512. The number of nitriles is 1. The smallest absolute Gasteiger partial charge is 0.126 e. The van der Waals surface area contributed by atoms with Crippen molar-refractivity contribution >= 4 is 0 Å². The summed E-state index contributed by atoms with van der Waals surface area (Å²) >= 11 is 0. The molecule has 2 rings (SSSR count). The van der Waals surface area contributed by atoms with Crippen LogP contribution in [0.15, 0.2) is 0 Å². The van der Waals surface area contributed by atoms with Crippen molar-refractivity contribution in [2.75, 3.05) is 0 Å². The Morgan fingerprint density at radius 1 is 1.38 bits per heavy atom. The van der Waals surface area contributed by atoms with Gasteiger partial charge in [-0.3, -0.25) is 0 Å². The van der Waals surface area contributed by atoms with Crippen molar-refractivity contribution in [3.8, 4) is 6.07 Å². The molecule has 1 aromatic rings. The van der Waals surface area contributed by atoms with Crippen LogP contribution in [0.3, 0.4) is 0 Å². The minimum absolute atomic E-state index is 0.512. The first kappa shape index (κ1) is 11.2. The molecule has 16 heavy (non-hydrogen) atoms. The van der Waals surface area contributed by atoms with Gasteiger partial charge in [0.15, 0.2) is 0 Å². The summed E-state index contributed by atoms with van der Waals surface area (Å²) in [7, 11) is 0. The van der Waals surface area contributed by atoms with Crippen LogP contribution in [0.5, 0.6) is 0 Å². The van der Waals surface area contributed by atoms with Crippen LogP contribution in [-0.2, 0) is 5.41 Å². The molecule has 1 fully saturated rings. The maximum absolute atomic E-state index is 9.10. The maximum Gasteiger partial charge on any atom is 0.126 e. The number of aromatic amines is 1. The second-order valence-corrected chi connectivity index (χ2v) is 5.31. The molecule has 1 heterocycles. The van der Waals surface area contributed by atoms with Gasteiger partial charge in [-0.1, -0.05) is 12.8 Å². The van der Waals surface area contributed by atoms with Crippen LogP contribution in [0.4, 0.5) is 0 Å². The molecule has 0 spiro atoms. The zero-order valence-corrected chi connectivity index (χ0v) is 10.3. The van der Waals surface area contributed by atoms with Crippen LogP contribution in [0.2, 0.25) is 0 Å². The predicted octanol–water partition coefficient (Wildman–Crippen LogP) is 3.18. The summed E-state index contributed by atoms with van der Waals surface area (Å²) < 4.78 is 0. The Kier molecular flexibility index (Phi) is 2.75. The number of hydrogen-bond donors (Lipinski definition) is 1. The lowest BCUT2D eigenvalue weighted by molar-refractivity contribution is 0.628. The Bertz CT molecular complexity index is 417. The number of imidazole rings is 1. The lowest BCUT2D eigenvalue weighted by atomic mass is 9.95. The van der Waals surface area contributed by atoms with Gasteiger partial charge in [-0.25, -0.2) is 4.98 Å². The average molecular weight is 217 g/mol. The number of nitrogens with one attached hydrogen (secondary N) is 1. The van der Waals surface area contributed by atoms with Crippen molar-refractivity contribution in [3.63, 3.8) is 0 Å². The van der Waals surface area contributed by atoms with Crippen LogP contribution >= 0.6 is 0 Å². The normalized spacial score (nSPS) is 17.6. The molecule has 86 valence electrons. The lowest BCUT2D eigenvalue weighted by Crippen LogP contribution is -2.16. The molecule has 1 saturated carbocycles. The van der Waals surface area contributed by atoms with Crippen molar-refractivity contribution < 1.29 is 0 Å². The Hall–Kier alpha value is -1.30. The number of H-pyrrole nitrogens is 1. The van der Waals surface area contributed by atoms with E-state index in [0.717, 1.165) is 11.5 Å². The van der Waals surface area contributed by atoms with E-state index in [1.165, 1.54) is 31.4 Å². The molecule has 0 saturated heterocycles. The van der Waals surface area contributed by atoms with Crippen molar-refractivity contribution in [1.82, 2.24) is 9.97 Å². The molecule has 0 aliphatic heterocycles. The number of hydrogen-bond acceptors (Lipinski definition) is 2. The molecule has 1 aliphatic carbocycles. The van der Waals surface area contributed by atoms with Crippen LogP contribution in [0, 0.1) is 18.3 Å². The fraction of sp³-hybridized carbons (Fsp3) is 0.692. The zero-order valence-electron chi connectivity index (χ0n) is 10.3. The van der Waals surface area contributed by atoms with Gasteiger partial charge in [-0.05, 0) is 33.6 Å². The average Bonchev–Trinajstić information content (AvgIpc) is 2.86. The van der Waals surface area contributed by atoms with Gasteiger partial charge in [0.2, 0.25) is 0 Å². The van der Waals surface area contributed by atoms with Crippen LogP contribution in [0.25, 0.3) is 0 Å². The third kappa shape index (κ3) is 1.84. The van der Waals surface area contributed by atoms with Gasteiger partial charge in [0.25, 0.3) is 0 Å². The van der Waals surface area contributed by atoms with E-state index in [9.17, 15) is 0 Å². The molecule has 3 heteroatoms. The zero-order chi connectivity index (χ0) is 11.8. The molecule has 0 radical (unpaired) electrons. The summed E-state index contributed by atoms with van der Waals surface area (Å²) in [6.45, 7) is 5.88. The second kappa shape index (κ2) is 3.93. The molecule has 0 unspecified atom stereocenters. The quantitative estimate of drug-likeness (QED) is 0.827. The van der Waals surface area contributed by atoms with Crippen molar-refractivity contribution in [1.29, 1.82) is 5.26 Å². The third-order valence-electron chi connectivity index (χ3n) is 3.54. The Morgan fingerprint density at radius 3 is 2.56 bits per heavy atom. The van der Waals surface area contributed by atoms with E-state index in [-0.39, 0.29) is 0 Å². The second-order valence-electron chi connectivity index (χ2n) is 5.31. The summed E-state index contributed by atoms with van der Waals surface area (Å²) in [5, 5.41) is 9.10. The third-order valence-corrected chi connectivity index (χ3v) is 3.54. The highest BCUT2D eigenvalue weighted by molar-refractivity contribution is 5.25. The summed E-state index contributed by atoms with van der Waals surface area (Å²) in [6.07, 6.45) is 5.12. The summed E-state index contributed by atoms with van der Waals surface area (Å²) in [5.41, 5.74) is 1.82. The van der Waals surface area contributed by atoms with E-state index in [2.05, 4.69) is 23.0 Å². The van der Waals surface area contributed by atoms with Crippen molar-refractivity contribution in [3.05, 3.63) is 17.2 Å². The van der Waals surface area contributed by atoms with Gasteiger partial charge in [0, 0.05) is 11.6 Å². The van der Waals surface area contributed by atoms with Gasteiger partial charge < -0.3 is 4.98 Å². The molecule has 0 bridgehead atoms. The maximum atomic E-state index is 9.10. The number of rotatable bonds is 2. The monoisotopic (exact) mass is 217 g/mol. The molecule has 1 aliphatic rings. The SMILES string of the molecule is Cc1[nH]c(C(C)(C)C#N)nc1C1CCCC1. The van der Waals surface area contributed by atoms with Gasteiger partial charge in [-0.15, -0.1) is 0 Å². The first-order chi connectivity index (χ1) is 7.54. The summed E-state index contributed by atoms with van der Waals surface area (Å²) in [5.74, 6) is 1.42. The summed E-state index contributed by atoms with van der Waals surface area (Å²) in [4.78, 5) is 7.94. The van der Waals surface area contributed by atoms with E-state index in [1.807, 2.05) is 13.8 Å². The standard InChI is InChI=1S/C13H19N3/c1-9-11(10-6-4-5-7-10)16-12(15-9)13(2,3)8-14/h10H,4-7H2,1-3H3,(H,15,16). The molecule has 1 N–H and O–H groups in total. The molecular weight excluding hydrogens is 198 g/mol. The van der Waals surface area contributed by atoms with E-state index in [4.69, 9.17) is 5.26 Å². The van der Waals surface area contributed by atoms with Crippen LogP contribution < -0.4 is 0 Å². The van der Waals surface area contributed by atoms with Gasteiger partial charge in [0.1, 0.15) is 11.2 Å². The van der Waals surface area contributed by atoms with Gasteiger partial charge in [-0.2, -0.15) is 5.26 Å². The van der Waals surface area contributed by atoms with Gasteiger partial charge in [0.05, 0.1) is 11.8 Å². The minimum Gasteiger partial charge on any atom is -0.345 e. The summed E-state index contributed by atoms with van der Waals surface area (Å²) in [6, 6.07) is 2.29. The van der Waals surface area contributed by atoms with Crippen LogP contribution in [-0.4, -0.2) is 9.97 Å². The van der Waals surface area contributed by atoms with E-state index in [0.29, 0.717) is 5.92 Å². The molecule has 0 aromatic carbocycles. The number of aromatic nitrogens is 2. The molecule has 1 aromatic heterocycles. The molecule has 0 amide bonds. The number of aryl methyl sites for hydroxylation is 1. The Morgan fingerprint density at radius 2 is 2.00 bits per heavy atom. The molecular formula is C13H19N3. The number of nitrogens with zero attached hydrogens (tertiary/aromatic N) is 2. The first-order valence-electron chi connectivity index (χ1n) is 6.03. The van der Waals surface area contributed by atoms with Crippen LogP contribution in [0.1, 0.15) is 62.7 Å². The first-order valence-corrected chi connectivity index (χ1v) is 6.03. The largest absolute Gasteiger partial charge is 0.345 e. The highest BCUT2D eigenvalue weighted by Gasteiger charge is 2.28. The fourth-order valence-corrected chi connectivity index (χ4v) is 2.42. The van der Waals surface area contributed by atoms with E-state index >= 15 is 0 Å².